The predicted octanol–water partition coefficient (Wildman–Crippen LogP) is 3.08. The van der Waals surface area contributed by atoms with Crippen molar-refractivity contribution in [3.63, 3.8) is 0 Å². The summed E-state index contributed by atoms with van der Waals surface area (Å²) >= 11 is 6.75. The lowest BCUT2D eigenvalue weighted by atomic mass is 9.96. The molecular formula is C14H18N2OS2. The van der Waals surface area contributed by atoms with Gasteiger partial charge in [-0.1, -0.05) is 25.3 Å². The van der Waals surface area contributed by atoms with Crippen molar-refractivity contribution in [3.05, 3.63) is 28.5 Å². The number of amides is 1. The van der Waals surface area contributed by atoms with Gasteiger partial charge in [-0.05, 0) is 42.6 Å². The van der Waals surface area contributed by atoms with Crippen molar-refractivity contribution in [2.75, 3.05) is 0 Å². The molecule has 2 N–H and O–H groups in total. The van der Waals surface area contributed by atoms with Crippen LogP contribution in [0.2, 0.25) is 0 Å². The molecule has 1 amide bonds. The molecule has 1 aromatic rings. The van der Waals surface area contributed by atoms with E-state index >= 15 is 0 Å². The molecule has 0 unspecified atom stereocenters. The van der Waals surface area contributed by atoms with Crippen LogP contribution in [-0.4, -0.2) is 17.1 Å². The topological polar surface area (TPSA) is 41.1 Å². The molecule has 1 aliphatic carbocycles. The van der Waals surface area contributed by atoms with Crippen LogP contribution in [0.1, 0.15) is 37.0 Å². The highest BCUT2D eigenvalue weighted by atomic mass is 32.1. The Morgan fingerprint density at radius 2 is 2.16 bits per heavy atom. The molecule has 1 fully saturated rings. The largest absolute Gasteiger partial charge is 0.360 e. The Balaban J connectivity index is 1.73. The molecule has 0 saturated heterocycles. The van der Waals surface area contributed by atoms with E-state index in [0.29, 0.717) is 11.2 Å². The van der Waals surface area contributed by atoms with E-state index in [1.807, 2.05) is 17.5 Å². The number of thiophene rings is 1. The highest BCUT2D eigenvalue weighted by Gasteiger charge is 2.14. The molecule has 102 valence electrons. The lowest BCUT2D eigenvalue weighted by Crippen LogP contribution is -2.44. The maximum atomic E-state index is 11.7. The minimum atomic E-state index is -0.179. The van der Waals surface area contributed by atoms with Crippen LogP contribution >= 0.6 is 23.6 Å². The van der Waals surface area contributed by atoms with Crippen molar-refractivity contribution in [3.8, 4) is 0 Å². The number of hydrogen-bond donors (Lipinski definition) is 2. The molecular weight excluding hydrogens is 276 g/mol. The van der Waals surface area contributed by atoms with Crippen LogP contribution in [0.4, 0.5) is 0 Å². The van der Waals surface area contributed by atoms with E-state index in [-0.39, 0.29) is 5.91 Å². The van der Waals surface area contributed by atoms with Crippen molar-refractivity contribution in [1.29, 1.82) is 0 Å². The number of hydrogen-bond acceptors (Lipinski definition) is 3. The van der Waals surface area contributed by atoms with Gasteiger partial charge in [-0.3, -0.25) is 10.1 Å². The van der Waals surface area contributed by atoms with E-state index < -0.39 is 0 Å². The third kappa shape index (κ3) is 5.12. The van der Waals surface area contributed by atoms with Gasteiger partial charge >= 0.3 is 0 Å². The zero-order valence-electron chi connectivity index (χ0n) is 10.7. The second-order valence-corrected chi connectivity index (χ2v) is 6.03. The minimum Gasteiger partial charge on any atom is -0.360 e. The quantitative estimate of drug-likeness (QED) is 0.665. The van der Waals surface area contributed by atoms with Crippen molar-refractivity contribution in [2.45, 2.75) is 38.1 Å². The Bertz CT molecular complexity index is 448. The molecule has 3 nitrogen and oxygen atoms in total. The molecule has 2 rings (SSSR count). The van der Waals surface area contributed by atoms with E-state index in [1.165, 1.54) is 25.3 Å². The van der Waals surface area contributed by atoms with E-state index in [2.05, 4.69) is 10.6 Å². The van der Waals surface area contributed by atoms with Crippen molar-refractivity contribution in [2.24, 2.45) is 0 Å². The Morgan fingerprint density at radius 1 is 1.37 bits per heavy atom. The van der Waals surface area contributed by atoms with Crippen LogP contribution in [0.15, 0.2) is 23.6 Å². The maximum Gasteiger partial charge on any atom is 0.250 e. The van der Waals surface area contributed by atoms with Gasteiger partial charge in [0, 0.05) is 17.0 Å². The van der Waals surface area contributed by atoms with Crippen LogP contribution in [0.3, 0.4) is 0 Å². The highest BCUT2D eigenvalue weighted by Crippen LogP contribution is 2.17. The van der Waals surface area contributed by atoms with E-state index in [4.69, 9.17) is 12.2 Å². The molecule has 19 heavy (non-hydrogen) atoms. The van der Waals surface area contributed by atoms with Crippen LogP contribution in [0.25, 0.3) is 6.08 Å². The molecule has 5 heteroatoms. The third-order valence-corrected chi connectivity index (χ3v) is 4.18. The Hall–Kier alpha value is -1.20. The first-order valence-corrected chi connectivity index (χ1v) is 7.86. The van der Waals surface area contributed by atoms with Gasteiger partial charge in [0.15, 0.2) is 5.11 Å². The number of carbonyl (C=O) groups excluding carboxylic acids is 1. The minimum absolute atomic E-state index is 0.179. The summed E-state index contributed by atoms with van der Waals surface area (Å²) in [6.45, 7) is 0. The molecule has 1 aliphatic rings. The zero-order valence-corrected chi connectivity index (χ0v) is 12.4. The first-order valence-electron chi connectivity index (χ1n) is 6.57. The number of nitrogens with one attached hydrogen (secondary N) is 2. The molecule has 1 saturated carbocycles. The summed E-state index contributed by atoms with van der Waals surface area (Å²) in [5, 5.41) is 8.32. The van der Waals surface area contributed by atoms with Crippen LogP contribution in [0.5, 0.6) is 0 Å². The van der Waals surface area contributed by atoms with Crippen LogP contribution < -0.4 is 10.6 Å². The summed E-state index contributed by atoms with van der Waals surface area (Å²) in [7, 11) is 0. The molecule has 0 aliphatic heterocycles. The second kappa shape index (κ2) is 7.40. The third-order valence-electron chi connectivity index (χ3n) is 3.12. The fourth-order valence-corrected chi connectivity index (χ4v) is 3.05. The van der Waals surface area contributed by atoms with Gasteiger partial charge in [0.25, 0.3) is 0 Å². The van der Waals surface area contributed by atoms with E-state index in [0.717, 1.165) is 17.7 Å². The van der Waals surface area contributed by atoms with Crippen molar-refractivity contribution in [1.82, 2.24) is 10.6 Å². The van der Waals surface area contributed by atoms with Crippen LogP contribution in [0, 0.1) is 0 Å². The highest BCUT2D eigenvalue weighted by molar-refractivity contribution is 7.80. The smallest absolute Gasteiger partial charge is 0.250 e. The summed E-state index contributed by atoms with van der Waals surface area (Å²) in [4.78, 5) is 12.7. The fourth-order valence-electron chi connectivity index (χ4n) is 2.17. The second-order valence-electron chi connectivity index (χ2n) is 4.65. The normalized spacial score (nSPS) is 16.4. The molecule has 0 bridgehead atoms. The van der Waals surface area contributed by atoms with Gasteiger partial charge in [0.05, 0.1) is 0 Å². The van der Waals surface area contributed by atoms with Crippen molar-refractivity contribution < 1.29 is 4.79 Å². The first-order chi connectivity index (χ1) is 9.24. The molecule has 0 radical (unpaired) electrons. The SMILES string of the molecule is O=C(/C=C/c1cccs1)NC(=S)NC1CCCCC1. The van der Waals surface area contributed by atoms with Gasteiger partial charge in [-0.15, -0.1) is 11.3 Å². The van der Waals surface area contributed by atoms with E-state index in [1.54, 1.807) is 17.4 Å². The summed E-state index contributed by atoms with van der Waals surface area (Å²) in [5.74, 6) is -0.179. The molecule has 0 atom stereocenters. The van der Waals surface area contributed by atoms with Gasteiger partial charge < -0.3 is 5.32 Å². The van der Waals surface area contributed by atoms with E-state index in [9.17, 15) is 4.79 Å². The van der Waals surface area contributed by atoms with Gasteiger partial charge in [0.1, 0.15) is 0 Å². The van der Waals surface area contributed by atoms with Gasteiger partial charge in [-0.25, -0.2) is 0 Å². The standard InChI is InChI=1S/C14H18N2OS2/c17-13(9-8-12-7-4-10-19-12)16-14(18)15-11-5-2-1-3-6-11/h4,7-11H,1-3,5-6H2,(H2,15,16,17,18)/b9-8+. The van der Waals surface area contributed by atoms with Gasteiger partial charge in [-0.2, -0.15) is 0 Å². The lowest BCUT2D eigenvalue weighted by molar-refractivity contribution is -0.115. The Morgan fingerprint density at radius 3 is 2.84 bits per heavy atom. The number of rotatable bonds is 3. The predicted molar refractivity (Wildman–Crippen MR) is 84.1 cm³/mol. The molecule has 0 spiro atoms. The summed E-state index contributed by atoms with van der Waals surface area (Å²) in [6.07, 6.45) is 9.38. The average molecular weight is 294 g/mol. The Labute approximate surface area is 123 Å². The Kier molecular flexibility index (Phi) is 5.54. The fraction of sp³-hybridized carbons (Fsp3) is 0.429. The van der Waals surface area contributed by atoms with Crippen molar-refractivity contribution >= 4 is 40.7 Å². The average Bonchev–Trinajstić information content (AvgIpc) is 2.90. The zero-order chi connectivity index (χ0) is 13.5. The molecule has 0 aromatic carbocycles. The first kappa shape index (κ1) is 14.2. The summed E-state index contributed by atoms with van der Waals surface area (Å²) in [5.41, 5.74) is 0. The molecule has 1 heterocycles. The summed E-state index contributed by atoms with van der Waals surface area (Å²) < 4.78 is 0. The summed E-state index contributed by atoms with van der Waals surface area (Å²) in [6, 6.07) is 4.34. The number of thiocarbonyl (C=S) groups is 1. The van der Waals surface area contributed by atoms with Crippen LogP contribution in [-0.2, 0) is 4.79 Å². The van der Waals surface area contributed by atoms with Gasteiger partial charge in [0.2, 0.25) is 5.91 Å². The lowest BCUT2D eigenvalue weighted by Gasteiger charge is -2.23. The maximum absolute atomic E-state index is 11.7. The number of carbonyl (C=O) groups is 1. The molecule has 1 aromatic heterocycles. The monoisotopic (exact) mass is 294 g/mol.